The van der Waals surface area contributed by atoms with E-state index in [0.29, 0.717) is 12.0 Å². The predicted molar refractivity (Wildman–Crippen MR) is 81.6 cm³/mol. The Labute approximate surface area is 120 Å². The second kappa shape index (κ2) is 6.23. The molecule has 106 valence electrons. The molecule has 2 atom stereocenters. The maximum Gasteiger partial charge on any atom is 0.0535 e. The van der Waals surface area contributed by atoms with Crippen molar-refractivity contribution < 1.29 is 0 Å². The van der Waals surface area contributed by atoms with E-state index in [9.17, 15) is 0 Å². The largest absolute Gasteiger partial charge is 0.309 e. The number of H-pyrrole nitrogens is 1. The van der Waals surface area contributed by atoms with Gasteiger partial charge in [-0.1, -0.05) is 43.2 Å². The summed E-state index contributed by atoms with van der Waals surface area (Å²) in [6, 6.07) is 11.5. The van der Waals surface area contributed by atoms with Crippen molar-refractivity contribution in [1.29, 1.82) is 0 Å². The molecule has 0 spiro atoms. The van der Waals surface area contributed by atoms with E-state index in [1.54, 1.807) is 0 Å². The van der Waals surface area contributed by atoms with Crippen LogP contribution in [0.1, 0.15) is 48.4 Å². The number of aromatic amines is 1. The summed E-state index contributed by atoms with van der Waals surface area (Å²) in [4.78, 5) is 0. The van der Waals surface area contributed by atoms with Gasteiger partial charge < -0.3 is 5.32 Å². The summed E-state index contributed by atoms with van der Waals surface area (Å²) >= 11 is 0. The fraction of sp³-hybridized carbons (Fsp3) is 0.471. The summed E-state index contributed by atoms with van der Waals surface area (Å²) in [6.07, 6.45) is 7.19. The first-order valence-electron chi connectivity index (χ1n) is 7.62. The third kappa shape index (κ3) is 2.93. The van der Waals surface area contributed by atoms with Gasteiger partial charge in [0.25, 0.3) is 0 Å². The highest BCUT2D eigenvalue weighted by atomic mass is 15.1. The number of aryl methyl sites for hydroxylation is 1. The molecule has 2 unspecified atom stereocenters. The Kier molecular flexibility index (Phi) is 4.16. The third-order valence-electron chi connectivity index (χ3n) is 4.48. The molecule has 3 heteroatoms. The SMILES string of the molecule is Cc1[nH]ncc1CNC1CCCCC1c1ccccc1. The highest BCUT2D eigenvalue weighted by molar-refractivity contribution is 5.22. The van der Waals surface area contributed by atoms with E-state index in [1.807, 2.05) is 6.20 Å². The third-order valence-corrected chi connectivity index (χ3v) is 4.48. The molecule has 0 radical (unpaired) electrons. The zero-order chi connectivity index (χ0) is 13.8. The van der Waals surface area contributed by atoms with Gasteiger partial charge in [-0.25, -0.2) is 0 Å². The lowest BCUT2D eigenvalue weighted by Crippen LogP contribution is -2.36. The van der Waals surface area contributed by atoms with Crippen molar-refractivity contribution in [1.82, 2.24) is 15.5 Å². The van der Waals surface area contributed by atoms with E-state index in [0.717, 1.165) is 6.54 Å². The first kappa shape index (κ1) is 13.4. The van der Waals surface area contributed by atoms with Crippen LogP contribution < -0.4 is 5.32 Å². The molecule has 1 fully saturated rings. The van der Waals surface area contributed by atoms with Gasteiger partial charge in [0, 0.05) is 23.8 Å². The van der Waals surface area contributed by atoms with Gasteiger partial charge >= 0.3 is 0 Å². The second-order valence-electron chi connectivity index (χ2n) is 5.81. The van der Waals surface area contributed by atoms with Gasteiger partial charge in [0.2, 0.25) is 0 Å². The number of benzene rings is 1. The van der Waals surface area contributed by atoms with Crippen LogP contribution in [0.4, 0.5) is 0 Å². The quantitative estimate of drug-likeness (QED) is 0.891. The molecule has 1 heterocycles. The minimum absolute atomic E-state index is 0.584. The van der Waals surface area contributed by atoms with Crippen molar-refractivity contribution in [3.8, 4) is 0 Å². The van der Waals surface area contributed by atoms with E-state index < -0.39 is 0 Å². The lowest BCUT2D eigenvalue weighted by atomic mass is 9.80. The Hall–Kier alpha value is -1.61. The average molecular weight is 269 g/mol. The standard InChI is InChI=1S/C17H23N3/c1-13-15(12-19-20-13)11-18-17-10-6-5-9-16(17)14-7-3-2-4-8-14/h2-4,7-8,12,16-18H,5-6,9-11H2,1H3,(H,19,20). The molecule has 3 nitrogen and oxygen atoms in total. The zero-order valence-corrected chi connectivity index (χ0v) is 12.1. The zero-order valence-electron chi connectivity index (χ0n) is 12.1. The first-order valence-corrected chi connectivity index (χ1v) is 7.62. The molecule has 1 aliphatic rings. The van der Waals surface area contributed by atoms with Gasteiger partial charge in [-0.2, -0.15) is 5.10 Å². The van der Waals surface area contributed by atoms with Gasteiger partial charge in [0.05, 0.1) is 6.20 Å². The molecule has 0 saturated heterocycles. The maximum atomic E-state index is 4.10. The highest BCUT2D eigenvalue weighted by Gasteiger charge is 2.25. The highest BCUT2D eigenvalue weighted by Crippen LogP contribution is 2.33. The van der Waals surface area contributed by atoms with Crippen LogP contribution in [-0.4, -0.2) is 16.2 Å². The normalized spacial score (nSPS) is 22.9. The number of nitrogens with zero attached hydrogens (tertiary/aromatic N) is 1. The summed E-state index contributed by atoms with van der Waals surface area (Å²) in [6.45, 7) is 3.00. The van der Waals surface area contributed by atoms with Crippen LogP contribution in [0.15, 0.2) is 36.5 Å². The van der Waals surface area contributed by atoms with Gasteiger partial charge in [0.15, 0.2) is 0 Å². The number of hydrogen-bond donors (Lipinski definition) is 2. The smallest absolute Gasteiger partial charge is 0.0535 e. The Morgan fingerprint density at radius 1 is 1.20 bits per heavy atom. The van der Waals surface area contributed by atoms with Crippen LogP contribution in [0.3, 0.4) is 0 Å². The molecule has 2 aromatic rings. The molecule has 0 bridgehead atoms. The van der Waals surface area contributed by atoms with E-state index in [-0.39, 0.29) is 0 Å². The molecular weight excluding hydrogens is 246 g/mol. The summed E-state index contributed by atoms with van der Waals surface area (Å²) in [7, 11) is 0. The summed E-state index contributed by atoms with van der Waals surface area (Å²) in [5.41, 5.74) is 3.93. The number of nitrogens with one attached hydrogen (secondary N) is 2. The molecule has 3 rings (SSSR count). The fourth-order valence-corrected chi connectivity index (χ4v) is 3.27. The minimum atomic E-state index is 0.584. The number of aromatic nitrogens is 2. The van der Waals surface area contributed by atoms with Crippen molar-refractivity contribution in [3.63, 3.8) is 0 Å². The van der Waals surface area contributed by atoms with Crippen LogP contribution >= 0.6 is 0 Å². The van der Waals surface area contributed by atoms with Gasteiger partial charge in [-0.3, -0.25) is 5.10 Å². The molecule has 20 heavy (non-hydrogen) atoms. The average Bonchev–Trinajstić information content (AvgIpc) is 2.92. The number of rotatable bonds is 4. The molecule has 0 aliphatic heterocycles. The van der Waals surface area contributed by atoms with Crippen LogP contribution in [-0.2, 0) is 6.54 Å². The summed E-state index contributed by atoms with van der Waals surface area (Å²) < 4.78 is 0. The van der Waals surface area contributed by atoms with Crippen LogP contribution in [0.2, 0.25) is 0 Å². The lowest BCUT2D eigenvalue weighted by Gasteiger charge is -2.32. The molecule has 1 aromatic heterocycles. The lowest BCUT2D eigenvalue weighted by molar-refractivity contribution is 0.326. The fourth-order valence-electron chi connectivity index (χ4n) is 3.27. The monoisotopic (exact) mass is 269 g/mol. The van der Waals surface area contributed by atoms with Crippen molar-refractivity contribution in [2.45, 2.75) is 51.1 Å². The van der Waals surface area contributed by atoms with Crippen molar-refractivity contribution in [3.05, 3.63) is 53.3 Å². The Morgan fingerprint density at radius 3 is 2.75 bits per heavy atom. The minimum Gasteiger partial charge on any atom is -0.309 e. The molecule has 1 aliphatic carbocycles. The Morgan fingerprint density at radius 2 is 2.00 bits per heavy atom. The van der Waals surface area contributed by atoms with E-state index in [2.05, 4.69) is 52.8 Å². The maximum absolute atomic E-state index is 4.10. The van der Waals surface area contributed by atoms with Crippen molar-refractivity contribution in [2.75, 3.05) is 0 Å². The molecular formula is C17H23N3. The molecule has 1 aromatic carbocycles. The topological polar surface area (TPSA) is 40.7 Å². The molecule has 2 N–H and O–H groups in total. The van der Waals surface area contributed by atoms with Crippen molar-refractivity contribution >= 4 is 0 Å². The van der Waals surface area contributed by atoms with E-state index in [4.69, 9.17) is 0 Å². The van der Waals surface area contributed by atoms with Gasteiger partial charge in [-0.15, -0.1) is 0 Å². The van der Waals surface area contributed by atoms with E-state index in [1.165, 1.54) is 42.5 Å². The van der Waals surface area contributed by atoms with Crippen LogP contribution in [0.25, 0.3) is 0 Å². The summed E-state index contributed by atoms with van der Waals surface area (Å²) in [5, 5.41) is 10.9. The molecule has 1 saturated carbocycles. The van der Waals surface area contributed by atoms with Gasteiger partial charge in [-0.05, 0) is 31.2 Å². The summed E-state index contributed by atoms with van der Waals surface area (Å²) in [5.74, 6) is 0.650. The second-order valence-corrected chi connectivity index (χ2v) is 5.81. The van der Waals surface area contributed by atoms with E-state index >= 15 is 0 Å². The molecule has 0 amide bonds. The van der Waals surface area contributed by atoms with Crippen LogP contribution in [0, 0.1) is 6.92 Å². The Bertz CT molecular complexity index is 532. The predicted octanol–water partition coefficient (Wildman–Crippen LogP) is 3.53. The first-order chi connectivity index (χ1) is 9.84. The Balaban J connectivity index is 1.68. The number of hydrogen-bond acceptors (Lipinski definition) is 2. The van der Waals surface area contributed by atoms with Gasteiger partial charge in [0.1, 0.15) is 0 Å². The van der Waals surface area contributed by atoms with Crippen LogP contribution in [0.5, 0.6) is 0 Å². The van der Waals surface area contributed by atoms with Crippen molar-refractivity contribution in [2.24, 2.45) is 0 Å².